The number of benzene rings is 1. The normalized spacial score (nSPS) is 14.8. The summed E-state index contributed by atoms with van der Waals surface area (Å²) in [6.07, 6.45) is 1.39. The van der Waals surface area contributed by atoms with Crippen molar-refractivity contribution in [2.24, 2.45) is 0 Å². The van der Waals surface area contributed by atoms with Gasteiger partial charge in [0, 0.05) is 32.6 Å². The van der Waals surface area contributed by atoms with E-state index in [1.54, 1.807) is 0 Å². The van der Waals surface area contributed by atoms with Crippen LogP contribution in [0.4, 0.5) is 5.82 Å². The minimum atomic E-state index is 0.239. The van der Waals surface area contributed by atoms with Crippen molar-refractivity contribution in [3.05, 3.63) is 53.7 Å². The Balaban J connectivity index is 1.48. The van der Waals surface area contributed by atoms with E-state index in [1.807, 2.05) is 42.2 Å². The van der Waals surface area contributed by atoms with Crippen molar-refractivity contribution in [3.63, 3.8) is 0 Å². The van der Waals surface area contributed by atoms with Gasteiger partial charge >= 0.3 is 0 Å². The zero-order valence-electron chi connectivity index (χ0n) is 13.5. The van der Waals surface area contributed by atoms with Crippen LogP contribution in [0.3, 0.4) is 0 Å². The van der Waals surface area contributed by atoms with Crippen molar-refractivity contribution < 1.29 is 4.79 Å². The van der Waals surface area contributed by atoms with Crippen LogP contribution in [-0.4, -0.2) is 47.2 Å². The third kappa shape index (κ3) is 4.06. The molecule has 1 aromatic carbocycles. The van der Waals surface area contributed by atoms with E-state index < -0.39 is 0 Å². The molecule has 0 saturated carbocycles. The average Bonchev–Trinajstić information content (AvgIpc) is 2.61. The summed E-state index contributed by atoms with van der Waals surface area (Å²) in [6.45, 7) is 5.07. The van der Waals surface area contributed by atoms with Crippen LogP contribution in [0.5, 0.6) is 0 Å². The number of carbonyl (C=O) groups excluding carboxylic acids is 1. The third-order valence-corrected chi connectivity index (χ3v) is 4.21. The predicted molar refractivity (Wildman–Crippen MR) is 90.3 cm³/mol. The molecule has 1 amide bonds. The molecule has 0 spiro atoms. The van der Waals surface area contributed by atoms with Crippen LogP contribution in [0.1, 0.15) is 17.7 Å². The summed E-state index contributed by atoms with van der Waals surface area (Å²) in [6, 6.07) is 14.1. The first-order valence-corrected chi connectivity index (χ1v) is 8.09. The molecule has 0 radical (unpaired) electrons. The highest BCUT2D eigenvalue weighted by molar-refractivity contribution is 5.76. The van der Waals surface area contributed by atoms with Crippen molar-refractivity contribution in [3.8, 4) is 0 Å². The summed E-state index contributed by atoms with van der Waals surface area (Å²) in [4.78, 5) is 16.5. The zero-order chi connectivity index (χ0) is 16.1. The fourth-order valence-corrected chi connectivity index (χ4v) is 2.80. The van der Waals surface area contributed by atoms with Crippen LogP contribution >= 0.6 is 0 Å². The summed E-state index contributed by atoms with van der Waals surface area (Å²) in [5.74, 6) is 1.13. The number of anilines is 1. The molecule has 1 aromatic heterocycles. The van der Waals surface area contributed by atoms with Gasteiger partial charge in [0.15, 0.2) is 5.82 Å². The van der Waals surface area contributed by atoms with Crippen LogP contribution in [0.15, 0.2) is 42.5 Å². The van der Waals surface area contributed by atoms with Crippen LogP contribution in [-0.2, 0) is 11.2 Å². The lowest BCUT2D eigenvalue weighted by atomic mass is 10.1. The Morgan fingerprint density at radius 3 is 2.39 bits per heavy atom. The maximum atomic E-state index is 12.3. The molecule has 0 bridgehead atoms. The molecule has 1 saturated heterocycles. The molecule has 0 aliphatic carbocycles. The third-order valence-electron chi connectivity index (χ3n) is 4.21. The lowest BCUT2D eigenvalue weighted by Crippen LogP contribution is -2.49. The maximum Gasteiger partial charge on any atom is 0.223 e. The molecule has 2 heterocycles. The van der Waals surface area contributed by atoms with Gasteiger partial charge in [0.05, 0.1) is 5.69 Å². The van der Waals surface area contributed by atoms with Crippen molar-refractivity contribution in [1.82, 2.24) is 15.1 Å². The highest BCUT2D eigenvalue weighted by Crippen LogP contribution is 2.14. The van der Waals surface area contributed by atoms with Gasteiger partial charge in [-0.15, -0.1) is 5.10 Å². The molecule has 120 valence electrons. The molecule has 0 unspecified atom stereocenters. The first kappa shape index (κ1) is 15.5. The van der Waals surface area contributed by atoms with E-state index in [9.17, 15) is 4.79 Å². The van der Waals surface area contributed by atoms with Crippen molar-refractivity contribution in [1.29, 1.82) is 0 Å². The summed E-state index contributed by atoms with van der Waals surface area (Å²) in [5.41, 5.74) is 2.14. The Labute approximate surface area is 136 Å². The monoisotopic (exact) mass is 310 g/mol. The maximum absolute atomic E-state index is 12.3. The van der Waals surface area contributed by atoms with Crippen LogP contribution in [0.2, 0.25) is 0 Å². The van der Waals surface area contributed by atoms with Gasteiger partial charge < -0.3 is 9.80 Å². The standard InChI is InChI=1S/C18H22N4O/c1-15-7-9-17(20-19-15)21-11-13-22(14-12-21)18(23)10-8-16-5-3-2-4-6-16/h2-7,9H,8,10-14H2,1H3. The molecule has 2 aromatic rings. The zero-order valence-corrected chi connectivity index (χ0v) is 13.5. The molecule has 1 aliphatic rings. The quantitative estimate of drug-likeness (QED) is 0.867. The van der Waals surface area contributed by atoms with Gasteiger partial charge in [-0.3, -0.25) is 4.79 Å². The number of nitrogens with zero attached hydrogens (tertiary/aromatic N) is 4. The second-order valence-electron chi connectivity index (χ2n) is 5.89. The van der Waals surface area contributed by atoms with E-state index in [-0.39, 0.29) is 5.91 Å². The largest absolute Gasteiger partial charge is 0.352 e. The fraction of sp³-hybridized carbons (Fsp3) is 0.389. The first-order chi connectivity index (χ1) is 11.2. The van der Waals surface area contributed by atoms with Crippen LogP contribution < -0.4 is 4.90 Å². The second-order valence-corrected chi connectivity index (χ2v) is 5.89. The lowest BCUT2D eigenvalue weighted by molar-refractivity contribution is -0.131. The van der Waals surface area contributed by atoms with E-state index in [4.69, 9.17) is 0 Å². The van der Waals surface area contributed by atoms with E-state index >= 15 is 0 Å². The lowest BCUT2D eigenvalue weighted by Gasteiger charge is -2.35. The number of hydrogen-bond acceptors (Lipinski definition) is 4. The Morgan fingerprint density at radius 2 is 1.74 bits per heavy atom. The number of carbonyl (C=O) groups is 1. The van der Waals surface area contributed by atoms with Crippen molar-refractivity contribution in [2.45, 2.75) is 19.8 Å². The average molecular weight is 310 g/mol. The van der Waals surface area contributed by atoms with Gasteiger partial charge in [0.25, 0.3) is 0 Å². The summed E-state index contributed by atoms with van der Waals surface area (Å²) in [5, 5.41) is 8.32. The Kier molecular flexibility index (Phi) is 4.86. The predicted octanol–water partition coefficient (Wildman–Crippen LogP) is 2.07. The number of amides is 1. The Hall–Kier alpha value is -2.43. The number of aromatic nitrogens is 2. The molecular formula is C18H22N4O. The molecule has 23 heavy (non-hydrogen) atoms. The smallest absolute Gasteiger partial charge is 0.223 e. The fourth-order valence-electron chi connectivity index (χ4n) is 2.80. The molecular weight excluding hydrogens is 288 g/mol. The molecule has 5 nitrogen and oxygen atoms in total. The number of piperazine rings is 1. The molecule has 0 atom stereocenters. The van der Waals surface area contributed by atoms with E-state index in [2.05, 4.69) is 27.2 Å². The number of hydrogen-bond donors (Lipinski definition) is 0. The SMILES string of the molecule is Cc1ccc(N2CCN(C(=O)CCc3ccccc3)CC2)nn1. The van der Waals surface area contributed by atoms with Gasteiger partial charge in [-0.05, 0) is 31.0 Å². The molecule has 0 N–H and O–H groups in total. The van der Waals surface area contributed by atoms with Gasteiger partial charge in [0.2, 0.25) is 5.91 Å². The molecule has 5 heteroatoms. The van der Waals surface area contributed by atoms with Gasteiger partial charge in [-0.1, -0.05) is 30.3 Å². The van der Waals surface area contributed by atoms with Crippen LogP contribution in [0.25, 0.3) is 0 Å². The summed E-state index contributed by atoms with van der Waals surface area (Å²) < 4.78 is 0. The van der Waals surface area contributed by atoms with Crippen LogP contribution in [0, 0.1) is 6.92 Å². The van der Waals surface area contributed by atoms with Gasteiger partial charge in [0.1, 0.15) is 0 Å². The van der Waals surface area contributed by atoms with Gasteiger partial charge in [-0.25, -0.2) is 0 Å². The first-order valence-electron chi connectivity index (χ1n) is 8.09. The second kappa shape index (κ2) is 7.22. The van der Waals surface area contributed by atoms with E-state index in [0.717, 1.165) is 44.1 Å². The highest BCUT2D eigenvalue weighted by atomic mass is 16.2. The summed E-state index contributed by atoms with van der Waals surface area (Å²) in [7, 11) is 0. The minimum Gasteiger partial charge on any atom is -0.352 e. The Morgan fingerprint density at radius 1 is 1.00 bits per heavy atom. The molecule has 1 aliphatic heterocycles. The van der Waals surface area contributed by atoms with E-state index in [1.165, 1.54) is 5.56 Å². The van der Waals surface area contributed by atoms with Crippen molar-refractivity contribution >= 4 is 11.7 Å². The van der Waals surface area contributed by atoms with Crippen molar-refractivity contribution in [2.75, 3.05) is 31.1 Å². The number of aryl methyl sites for hydroxylation is 2. The van der Waals surface area contributed by atoms with Gasteiger partial charge in [-0.2, -0.15) is 5.10 Å². The topological polar surface area (TPSA) is 49.3 Å². The Bertz CT molecular complexity index is 634. The van der Waals surface area contributed by atoms with E-state index in [0.29, 0.717) is 6.42 Å². The summed E-state index contributed by atoms with van der Waals surface area (Å²) >= 11 is 0. The number of rotatable bonds is 4. The highest BCUT2D eigenvalue weighted by Gasteiger charge is 2.21. The minimum absolute atomic E-state index is 0.239. The molecule has 1 fully saturated rings. The molecule has 3 rings (SSSR count).